The Morgan fingerprint density at radius 1 is 1.15 bits per heavy atom. The zero-order chi connectivity index (χ0) is 24.1. The van der Waals surface area contributed by atoms with Crippen molar-refractivity contribution in [1.29, 1.82) is 0 Å². The Hall–Kier alpha value is -3.85. The van der Waals surface area contributed by atoms with Gasteiger partial charge in [0.25, 0.3) is 5.91 Å². The van der Waals surface area contributed by atoms with Gasteiger partial charge in [0, 0.05) is 23.9 Å². The van der Waals surface area contributed by atoms with Crippen molar-refractivity contribution in [2.45, 2.75) is 13.3 Å². The number of fused-ring (bicyclic) bond motifs is 1. The molecule has 0 saturated heterocycles. The quantitative estimate of drug-likeness (QED) is 0.482. The van der Waals surface area contributed by atoms with Crippen molar-refractivity contribution < 1.29 is 28.6 Å². The second-order valence-corrected chi connectivity index (χ2v) is 8.28. The first-order valence-corrected chi connectivity index (χ1v) is 11.6. The topological polar surface area (TPSA) is 94.2 Å². The lowest BCUT2D eigenvalue weighted by atomic mass is 10.0. The first-order valence-electron chi connectivity index (χ1n) is 10.8. The smallest absolute Gasteiger partial charge is 0.341 e. The Morgan fingerprint density at radius 3 is 2.65 bits per heavy atom. The Labute approximate surface area is 201 Å². The zero-order valence-electron chi connectivity index (χ0n) is 18.8. The first kappa shape index (κ1) is 23.3. The number of rotatable bonds is 8. The molecule has 0 spiro atoms. The molecule has 0 bridgehead atoms. The number of esters is 1. The van der Waals surface area contributed by atoms with Crippen molar-refractivity contribution in [1.82, 2.24) is 0 Å². The molecule has 0 aliphatic carbocycles. The summed E-state index contributed by atoms with van der Waals surface area (Å²) in [4.78, 5) is 39.4. The van der Waals surface area contributed by atoms with Gasteiger partial charge in [-0.15, -0.1) is 11.3 Å². The molecule has 0 saturated carbocycles. The molecule has 4 rings (SSSR count). The normalized spacial score (nSPS) is 12.5. The highest BCUT2D eigenvalue weighted by atomic mass is 32.1. The molecule has 2 aromatic carbocycles. The van der Waals surface area contributed by atoms with Crippen molar-refractivity contribution in [3.05, 3.63) is 59.5 Å². The molecule has 1 N–H and O–H groups in total. The molecule has 1 aliphatic rings. The average Bonchev–Trinajstić information content (AvgIpc) is 3.27. The lowest BCUT2D eigenvalue weighted by molar-refractivity contribution is -0.121. The first-order chi connectivity index (χ1) is 16.5. The van der Waals surface area contributed by atoms with E-state index in [0.29, 0.717) is 33.3 Å². The molecule has 0 unspecified atom stereocenters. The molecule has 8 nitrogen and oxygen atoms in total. The monoisotopic (exact) mass is 480 g/mol. The van der Waals surface area contributed by atoms with Crippen LogP contribution in [0.3, 0.4) is 0 Å². The number of hydrogen-bond acceptors (Lipinski definition) is 7. The number of carbonyl (C=O) groups excluding carboxylic acids is 3. The highest BCUT2D eigenvalue weighted by molar-refractivity contribution is 7.15. The summed E-state index contributed by atoms with van der Waals surface area (Å²) in [6, 6.07) is 14.5. The summed E-state index contributed by atoms with van der Waals surface area (Å²) in [7, 11) is 1.58. The van der Waals surface area contributed by atoms with Crippen molar-refractivity contribution in [3.8, 4) is 22.6 Å². The van der Waals surface area contributed by atoms with Gasteiger partial charge in [0.1, 0.15) is 22.1 Å². The minimum Gasteiger partial charge on any atom is -0.497 e. The van der Waals surface area contributed by atoms with Gasteiger partial charge in [-0.1, -0.05) is 24.3 Å². The van der Waals surface area contributed by atoms with Gasteiger partial charge in [0.2, 0.25) is 5.91 Å². The second-order valence-electron chi connectivity index (χ2n) is 7.40. The number of benzene rings is 2. The number of anilines is 2. The van der Waals surface area contributed by atoms with Gasteiger partial charge in [-0.05, 0) is 36.8 Å². The Morgan fingerprint density at radius 2 is 1.91 bits per heavy atom. The number of carbonyl (C=O) groups is 3. The number of thiophene rings is 1. The minimum atomic E-state index is -0.512. The summed E-state index contributed by atoms with van der Waals surface area (Å²) in [5.41, 5.74) is 2.41. The van der Waals surface area contributed by atoms with Crippen LogP contribution in [0.1, 0.15) is 23.7 Å². The van der Waals surface area contributed by atoms with Gasteiger partial charge in [-0.3, -0.25) is 9.59 Å². The van der Waals surface area contributed by atoms with E-state index in [2.05, 4.69) is 5.32 Å². The van der Waals surface area contributed by atoms with E-state index in [0.717, 1.165) is 5.56 Å². The lowest BCUT2D eigenvalue weighted by Crippen LogP contribution is -2.40. The largest absolute Gasteiger partial charge is 0.497 e. The molecular formula is C25H24N2O6S. The van der Waals surface area contributed by atoms with E-state index >= 15 is 0 Å². The molecule has 1 aliphatic heterocycles. The predicted molar refractivity (Wildman–Crippen MR) is 130 cm³/mol. The van der Waals surface area contributed by atoms with Crippen LogP contribution in [0.4, 0.5) is 10.7 Å². The summed E-state index contributed by atoms with van der Waals surface area (Å²) in [5.74, 6) is 0.267. The Balaban J connectivity index is 1.52. The van der Waals surface area contributed by atoms with Crippen molar-refractivity contribution in [3.63, 3.8) is 0 Å². The highest BCUT2D eigenvalue weighted by Crippen LogP contribution is 2.37. The second kappa shape index (κ2) is 10.4. The van der Waals surface area contributed by atoms with Gasteiger partial charge in [0.15, 0.2) is 6.61 Å². The number of methoxy groups -OCH3 is 1. The highest BCUT2D eigenvalue weighted by Gasteiger charge is 2.27. The third-order valence-corrected chi connectivity index (χ3v) is 6.19. The van der Waals surface area contributed by atoms with Crippen LogP contribution in [-0.4, -0.2) is 44.7 Å². The van der Waals surface area contributed by atoms with Gasteiger partial charge < -0.3 is 24.4 Å². The molecule has 0 radical (unpaired) electrons. The zero-order valence-corrected chi connectivity index (χ0v) is 19.6. The fourth-order valence-corrected chi connectivity index (χ4v) is 4.61. The molecule has 1 aromatic heterocycles. The maximum absolute atomic E-state index is 12.8. The summed E-state index contributed by atoms with van der Waals surface area (Å²) < 4.78 is 15.9. The van der Waals surface area contributed by atoms with E-state index in [-0.39, 0.29) is 38.0 Å². The molecule has 0 fully saturated rings. The third-order valence-electron chi connectivity index (χ3n) is 5.30. The molecule has 9 heteroatoms. The van der Waals surface area contributed by atoms with E-state index in [1.807, 2.05) is 29.6 Å². The van der Waals surface area contributed by atoms with Crippen molar-refractivity contribution in [2.75, 3.05) is 37.1 Å². The van der Waals surface area contributed by atoms with Crippen LogP contribution in [0.5, 0.6) is 11.5 Å². The van der Waals surface area contributed by atoms with Gasteiger partial charge >= 0.3 is 5.97 Å². The van der Waals surface area contributed by atoms with Gasteiger partial charge in [0.05, 0.1) is 19.4 Å². The van der Waals surface area contributed by atoms with Crippen LogP contribution >= 0.6 is 11.3 Å². The van der Waals surface area contributed by atoms with E-state index in [1.165, 1.54) is 11.3 Å². The molecule has 2 amide bonds. The number of ether oxygens (including phenoxy) is 3. The van der Waals surface area contributed by atoms with Crippen LogP contribution in [-0.2, 0) is 14.3 Å². The maximum atomic E-state index is 12.8. The van der Waals surface area contributed by atoms with E-state index in [4.69, 9.17) is 14.2 Å². The summed E-state index contributed by atoms with van der Waals surface area (Å²) in [6.07, 6.45) is 0.0537. The molecule has 3 aromatic rings. The number of para-hydroxylation sites is 2. The van der Waals surface area contributed by atoms with E-state index in [1.54, 1.807) is 43.2 Å². The molecule has 2 heterocycles. The van der Waals surface area contributed by atoms with Crippen molar-refractivity contribution >= 4 is 39.8 Å². The predicted octanol–water partition coefficient (Wildman–Crippen LogP) is 4.35. The summed E-state index contributed by atoms with van der Waals surface area (Å²) in [5, 5.41) is 5.04. The number of amides is 2. The standard InChI is InChI=1S/C25H24N2O6S/c1-3-32-25(30)23-18(16-8-10-17(31-2)11-9-16)15-34-24(23)26-21(28)12-13-27-19-6-4-5-7-20(19)33-14-22(27)29/h4-11,15H,3,12-14H2,1-2H3,(H,26,28). The van der Waals surface area contributed by atoms with E-state index in [9.17, 15) is 14.4 Å². The minimum absolute atomic E-state index is 0.0537. The van der Waals surface area contributed by atoms with Crippen LogP contribution in [0.25, 0.3) is 11.1 Å². The number of nitrogens with one attached hydrogen (secondary N) is 1. The lowest BCUT2D eigenvalue weighted by Gasteiger charge is -2.29. The van der Waals surface area contributed by atoms with Gasteiger partial charge in [-0.25, -0.2) is 4.79 Å². The SMILES string of the molecule is CCOC(=O)c1c(-c2ccc(OC)cc2)csc1NC(=O)CCN1C(=O)COc2ccccc21. The molecule has 34 heavy (non-hydrogen) atoms. The number of nitrogens with zero attached hydrogens (tertiary/aromatic N) is 1. The van der Waals surface area contributed by atoms with Crippen molar-refractivity contribution in [2.24, 2.45) is 0 Å². The molecule has 176 valence electrons. The van der Waals surface area contributed by atoms with Crippen LogP contribution in [0, 0.1) is 0 Å². The average molecular weight is 481 g/mol. The summed E-state index contributed by atoms with van der Waals surface area (Å²) >= 11 is 1.25. The third kappa shape index (κ3) is 4.89. The number of hydrogen-bond donors (Lipinski definition) is 1. The fourth-order valence-electron chi connectivity index (χ4n) is 3.64. The van der Waals surface area contributed by atoms with E-state index < -0.39 is 5.97 Å². The molecular weight excluding hydrogens is 456 g/mol. The van der Waals surface area contributed by atoms with Crippen LogP contribution < -0.4 is 19.7 Å². The fraction of sp³-hybridized carbons (Fsp3) is 0.240. The van der Waals surface area contributed by atoms with Gasteiger partial charge in [-0.2, -0.15) is 0 Å². The van der Waals surface area contributed by atoms with Crippen LogP contribution in [0.15, 0.2) is 53.9 Å². The van der Waals surface area contributed by atoms with Crippen LogP contribution in [0.2, 0.25) is 0 Å². The summed E-state index contributed by atoms with van der Waals surface area (Å²) in [6.45, 7) is 2.06. The Bertz CT molecular complexity index is 1200. The maximum Gasteiger partial charge on any atom is 0.341 e. The Kier molecular flexibility index (Phi) is 7.12. The molecule has 0 atom stereocenters.